The number of halogens is 4. The molecule has 0 bridgehead atoms. The van der Waals surface area contributed by atoms with Crippen LogP contribution in [0, 0.1) is 17.5 Å². The first kappa shape index (κ1) is 28.5. The Bertz CT molecular complexity index is 1130. The van der Waals surface area contributed by atoms with Crippen LogP contribution in [0.1, 0.15) is 26.8 Å². The van der Waals surface area contributed by atoms with Gasteiger partial charge < -0.3 is 23.7 Å². The molecular weight excluding hydrogens is 571 g/mol. The predicted octanol–water partition coefficient (Wildman–Crippen LogP) is 2.47. The molecule has 1 aromatic carbocycles. The Morgan fingerprint density at radius 3 is 2.35 bits per heavy atom. The zero-order valence-electron chi connectivity index (χ0n) is 19.9. The molecule has 5 unspecified atom stereocenters. The minimum atomic E-state index is -1.64. The first-order chi connectivity index (χ1) is 17.5. The summed E-state index contributed by atoms with van der Waals surface area (Å²) in [5, 5.41) is 6.95. The molecule has 15 heteroatoms. The van der Waals surface area contributed by atoms with Crippen LogP contribution in [0.5, 0.6) is 0 Å². The molecule has 0 amide bonds. The lowest BCUT2D eigenvalue weighted by Crippen LogP contribution is -2.57. The number of ether oxygens (including phenoxy) is 5. The molecule has 2 aromatic rings. The van der Waals surface area contributed by atoms with Gasteiger partial charge in [0.2, 0.25) is 0 Å². The second-order valence-electron chi connectivity index (χ2n) is 7.81. The van der Waals surface area contributed by atoms with Crippen LogP contribution in [0.4, 0.5) is 13.2 Å². The van der Waals surface area contributed by atoms with Gasteiger partial charge in [0.05, 0.1) is 12.8 Å². The molecule has 0 saturated carbocycles. The highest BCUT2D eigenvalue weighted by molar-refractivity contribution is 9.09. The highest BCUT2D eigenvalue weighted by Gasteiger charge is 2.50. The van der Waals surface area contributed by atoms with E-state index in [1.165, 1.54) is 17.8 Å². The number of carbonyl (C=O) groups is 3. The van der Waals surface area contributed by atoms with Gasteiger partial charge in [-0.15, -0.1) is 5.10 Å². The molecule has 37 heavy (non-hydrogen) atoms. The topological polar surface area (TPSA) is 128 Å². The third-order valence-corrected chi connectivity index (χ3v) is 5.89. The number of hydrogen-bond acceptors (Lipinski definition) is 10. The lowest BCUT2D eigenvalue weighted by atomic mass is 9.96. The predicted molar refractivity (Wildman–Crippen MR) is 121 cm³/mol. The van der Waals surface area contributed by atoms with E-state index in [4.69, 9.17) is 23.7 Å². The largest absolute Gasteiger partial charge is 0.464 e. The maximum atomic E-state index is 13.8. The van der Waals surface area contributed by atoms with E-state index in [2.05, 4.69) is 26.2 Å². The molecule has 0 spiro atoms. The van der Waals surface area contributed by atoms with Crippen LogP contribution >= 0.6 is 15.9 Å². The van der Waals surface area contributed by atoms with Crippen molar-refractivity contribution in [2.24, 2.45) is 0 Å². The number of esters is 3. The second-order valence-corrected chi connectivity index (χ2v) is 8.71. The van der Waals surface area contributed by atoms with E-state index in [1.807, 2.05) is 0 Å². The summed E-state index contributed by atoms with van der Waals surface area (Å²) in [5.41, 5.74) is -0.160. The van der Waals surface area contributed by atoms with Crippen molar-refractivity contribution in [2.75, 3.05) is 19.8 Å². The fourth-order valence-electron chi connectivity index (χ4n) is 3.65. The minimum absolute atomic E-state index is 0.0438. The number of nitrogens with zero attached hydrogens (tertiary/aromatic N) is 3. The molecule has 1 saturated heterocycles. The Balaban J connectivity index is 2.02. The summed E-state index contributed by atoms with van der Waals surface area (Å²) in [6.45, 7) is 3.24. The molecule has 0 N–H and O–H groups in total. The summed E-state index contributed by atoms with van der Waals surface area (Å²) >= 11 is 3.32. The molecule has 1 aliphatic heterocycles. The maximum Gasteiger partial charge on any atom is 0.332 e. The van der Waals surface area contributed by atoms with Crippen LogP contribution in [-0.2, 0) is 38.1 Å². The van der Waals surface area contributed by atoms with E-state index in [9.17, 15) is 27.6 Å². The van der Waals surface area contributed by atoms with Crippen molar-refractivity contribution in [3.05, 3.63) is 35.8 Å². The number of benzene rings is 1. The number of hydrogen-bond donors (Lipinski definition) is 0. The van der Waals surface area contributed by atoms with Crippen molar-refractivity contribution in [1.82, 2.24) is 15.0 Å². The molecule has 5 atom stereocenters. The Hall–Kier alpha value is -3.04. The molecular formula is C22H23BrF3N3O8. The van der Waals surface area contributed by atoms with E-state index in [0.29, 0.717) is 0 Å². The lowest BCUT2D eigenvalue weighted by molar-refractivity contribution is -0.213. The maximum absolute atomic E-state index is 13.8. The monoisotopic (exact) mass is 593 g/mol. The highest BCUT2D eigenvalue weighted by atomic mass is 79.9. The zero-order valence-corrected chi connectivity index (χ0v) is 21.4. The summed E-state index contributed by atoms with van der Waals surface area (Å²) in [5.74, 6) is -6.50. The van der Waals surface area contributed by atoms with Gasteiger partial charge in [-0.3, -0.25) is 9.59 Å². The van der Waals surface area contributed by atoms with Gasteiger partial charge in [0.15, 0.2) is 23.6 Å². The molecule has 3 rings (SSSR count). The molecule has 1 aliphatic rings. The van der Waals surface area contributed by atoms with Crippen LogP contribution < -0.4 is 0 Å². The van der Waals surface area contributed by atoms with Crippen LogP contribution in [-0.4, -0.2) is 76.0 Å². The third kappa shape index (κ3) is 7.05. The van der Waals surface area contributed by atoms with Gasteiger partial charge in [-0.05, 0) is 19.1 Å². The SMILES string of the molecule is CCOC(=O)COC1C(Br)OC(COC(C)=O)C(OC(C)=O)C1n1cc(-c2cc(F)c(F)c(F)c2)nn1. The molecule has 202 valence electrons. The lowest BCUT2D eigenvalue weighted by Gasteiger charge is -2.43. The van der Waals surface area contributed by atoms with Gasteiger partial charge in [-0.1, -0.05) is 21.1 Å². The molecule has 1 fully saturated rings. The molecule has 1 aromatic heterocycles. The number of aromatic nitrogens is 3. The van der Waals surface area contributed by atoms with Gasteiger partial charge in [-0.2, -0.15) is 0 Å². The Labute approximate surface area is 217 Å². The van der Waals surface area contributed by atoms with Gasteiger partial charge in [0.25, 0.3) is 0 Å². The Morgan fingerprint density at radius 2 is 1.76 bits per heavy atom. The molecule has 2 heterocycles. The van der Waals surface area contributed by atoms with E-state index < -0.39 is 71.3 Å². The summed E-state index contributed by atoms with van der Waals surface area (Å²) in [7, 11) is 0. The van der Waals surface area contributed by atoms with Crippen molar-refractivity contribution in [3.63, 3.8) is 0 Å². The van der Waals surface area contributed by atoms with Crippen molar-refractivity contribution in [1.29, 1.82) is 0 Å². The van der Waals surface area contributed by atoms with E-state index in [-0.39, 0.29) is 24.5 Å². The van der Waals surface area contributed by atoms with Gasteiger partial charge in [-0.25, -0.2) is 22.6 Å². The quantitative estimate of drug-likeness (QED) is 0.185. The second kappa shape index (κ2) is 12.5. The first-order valence-corrected chi connectivity index (χ1v) is 11.9. The van der Waals surface area contributed by atoms with Crippen molar-refractivity contribution in [2.45, 2.75) is 50.1 Å². The average Bonchev–Trinajstić information content (AvgIpc) is 3.30. The summed E-state index contributed by atoms with van der Waals surface area (Å²) in [4.78, 5) is 35.3. The Morgan fingerprint density at radius 1 is 1.08 bits per heavy atom. The smallest absolute Gasteiger partial charge is 0.332 e. The van der Waals surface area contributed by atoms with Crippen molar-refractivity contribution in [3.8, 4) is 11.3 Å². The van der Waals surface area contributed by atoms with Crippen LogP contribution in [0.3, 0.4) is 0 Å². The highest BCUT2D eigenvalue weighted by Crippen LogP contribution is 2.37. The van der Waals surface area contributed by atoms with Crippen LogP contribution in [0.15, 0.2) is 18.3 Å². The summed E-state index contributed by atoms with van der Waals surface area (Å²) in [6.07, 6.45) is -1.99. The third-order valence-electron chi connectivity index (χ3n) is 5.15. The number of alkyl halides is 1. The minimum Gasteiger partial charge on any atom is -0.464 e. The van der Waals surface area contributed by atoms with E-state index in [0.717, 1.165) is 19.1 Å². The molecule has 11 nitrogen and oxygen atoms in total. The average molecular weight is 594 g/mol. The van der Waals surface area contributed by atoms with E-state index >= 15 is 0 Å². The van der Waals surface area contributed by atoms with Crippen LogP contribution in [0.2, 0.25) is 0 Å². The van der Waals surface area contributed by atoms with Gasteiger partial charge in [0.1, 0.15) is 42.2 Å². The normalized spacial score (nSPS) is 23.4. The number of carbonyl (C=O) groups excluding carboxylic acids is 3. The summed E-state index contributed by atoms with van der Waals surface area (Å²) < 4.78 is 69.1. The standard InChI is InChI=1S/C22H23BrF3N3O8/c1-4-33-17(32)9-35-21-19(20(36-11(3)31)16(37-22(21)23)8-34-10(2)30)29-7-15(27-28-29)12-5-13(24)18(26)14(25)6-12/h5-7,16,19-22H,4,8-9H2,1-3H3. The van der Waals surface area contributed by atoms with Crippen molar-refractivity contribution < 1.29 is 51.2 Å². The first-order valence-electron chi connectivity index (χ1n) is 11.0. The molecule has 0 radical (unpaired) electrons. The van der Waals surface area contributed by atoms with Crippen molar-refractivity contribution >= 4 is 33.8 Å². The zero-order chi connectivity index (χ0) is 27.3. The Kier molecular flexibility index (Phi) is 9.62. The van der Waals surface area contributed by atoms with Gasteiger partial charge >= 0.3 is 17.9 Å². The molecule has 0 aliphatic carbocycles. The van der Waals surface area contributed by atoms with Crippen LogP contribution in [0.25, 0.3) is 11.3 Å². The summed E-state index contributed by atoms with van der Waals surface area (Å²) in [6, 6.07) is 0.436. The number of rotatable bonds is 9. The van der Waals surface area contributed by atoms with E-state index in [1.54, 1.807) is 6.92 Å². The fourth-order valence-corrected chi connectivity index (χ4v) is 4.40. The van der Waals surface area contributed by atoms with Gasteiger partial charge in [0, 0.05) is 19.4 Å². The fraction of sp³-hybridized carbons (Fsp3) is 0.500.